The Labute approximate surface area is 126 Å². The van der Waals surface area contributed by atoms with E-state index in [0.717, 1.165) is 33.9 Å². The highest BCUT2D eigenvalue weighted by Gasteiger charge is 2.20. The van der Waals surface area contributed by atoms with Crippen LogP contribution in [0.2, 0.25) is 0 Å². The minimum Gasteiger partial charge on any atom is -0.370 e. The lowest BCUT2D eigenvalue weighted by molar-refractivity contribution is 0.546. The van der Waals surface area contributed by atoms with Gasteiger partial charge in [-0.15, -0.1) is 0 Å². The van der Waals surface area contributed by atoms with Gasteiger partial charge in [0.15, 0.2) is 0 Å². The maximum atomic E-state index is 4.72. The van der Waals surface area contributed by atoms with E-state index in [1.807, 2.05) is 6.07 Å². The van der Waals surface area contributed by atoms with Crippen molar-refractivity contribution in [1.29, 1.82) is 0 Å². The summed E-state index contributed by atoms with van der Waals surface area (Å²) in [6.45, 7) is 9.31. The number of nitrogens with zero attached hydrogens (tertiary/aromatic N) is 2. The molecule has 0 spiro atoms. The van der Waals surface area contributed by atoms with Gasteiger partial charge in [0.05, 0.1) is 5.69 Å². The largest absolute Gasteiger partial charge is 0.370 e. The van der Waals surface area contributed by atoms with Gasteiger partial charge in [0.1, 0.15) is 11.6 Å². The molecule has 0 amide bonds. The van der Waals surface area contributed by atoms with E-state index in [1.54, 1.807) is 11.3 Å². The molecule has 2 aromatic rings. The SMILES string of the molecule is CCNc1cc(-c2cscc2Br)nc(C(C)(C)C)n1. The highest BCUT2D eigenvalue weighted by atomic mass is 79.9. The van der Waals surface area contributed by atoms with Gasteiger partial charge in [0, 0.05) is 38.8 Å². The molecule has 2 heterocycles. The van der Waals surface area contributed by atoms with Gasteiger partial charge >= 0.3 is 0 Å². The van der Waals surface area contributed by atoms with E-state index in [9.17, 15) is 0 Å². The summed E-state index contributed by atoms with van der Waals surface area (Å²) in [6, 6.07) is 2.01. The molecule has 1 N–H and O–H groups in total. The fourth-order valence-electron chi connectivity index (χ4n) is 1.66. The Morgan fingerprint density at radius 1 is 1.26 bits per heavy atom. The van der Waals surface area contributed by atoms with Crippen LogP contribution in [0.3, 0.4) is 0 Å². The van der Waals surface area contributed by atoms with Crippen molar-refractivity contribution in [3.63, 3.8) is 0 Å². The van der Waals surface area contributed by atoms with E-state index < -0.39 is 0 Å². The molecule has 0 aliphatic rings. The number of hydrogen-bond acceptors (Lipinski definition) is 4. The number of nitrogens with one attached hydrogen (secondary N) is 1. The second kappa shape index (κ2) is 5.59. The van der Waals surface area contributed by atoms with E-state index >= 15 is 0 Å². The van der Waals surface area contributed by atoms with Crippen LogP contribution in [0.4, 0.5) is 5.82 Å². The lowest BCUT2D eigenvalue weighted by Crippen LogP contribution is -2.17. The van der Waals surface area contributed by atoms with Gasteiger partial charge in [0.2, 0.25) is 0 Å². The van der Waals surface area contributed by atoms with Crippen molar-refractivity contribution in [2.24, 2.45) is 0 Å². The van der Waals surface area contributed by atoms with Crippen molar-refractivity contribution in [2.45, 2.75) is 33.1 Å². The summed E-state index contributed by atoms with van der Waals surface area (Å²) in [4.78, 5) is 9.32. The molecule has 0 aliphatic carbocycles. The minimum absolute atomic E-state index is 0.0668. The zero-order valence-electron chi connectivity index (χ0n) is 11.6. The van der Waals surface area contributed by atoms with Crippen LogP contribution in [0.1, 0.15) is 33.5 Å². The molecule has 0 radical (unpaired) electrons. The molecular formula is C14H18BrN3S. The van der Waals surface area contributed by atoms with E-state index in [-0.39, 0.29) is 5.41 Å². The normalized spacial score (nSPS) is 11.6. The van der Waals surface area contributed by atoms with Gasteiger partial charge in [-0.3, -0.25) is 0 Å². The summed E-state index contributed by atoms with van der Waals surface area (Å²) >= 11 is 5.24. The standard InChI is InChI=1S/C14H18BrN3S/c1-5-16-12-6-11(9-7-19-8-10(9)15)17-13(18-12)14(2,3)4/h6-8H,5H2,1-4H3,(H,16,17,18). The molecule has 3 nitrogen and oxygen atoms in total. The maximum absolute atomic E-state index is 4.72. The Bertz CT molecular complexity index is 572. The van der Waals surface area contributed by atoms with E-state index in [1.165, 1.54) is 0 Å². The molecule has 0 saturated carbocycles. The predicted molar refractivity (Wildman–Crippen MR) is 85.9 cm³/mol. The quantitative estimate of drug-likeness (QED) is 0.880. The smallest absolute Gasteiger partial charge is 0.136 e. The van der Waals surface area contributed by atoms with Crippen LogP contribution in [0, 0.1) is 0 Å². The number of anilines is 1. The molecule has 19 heavy (non-hydrogen) atoms. The highest BCUT2D eigenvalue weighted by molar-refractivity contribution is 9.10. The molecule has 5 heteroatoms. The Morgan fingerprint density at radius 2 is 2.00 bits per heavy atom. The number of rotatable bonds is 3. The first-order chi connectivity index (χ1) is 8.91. The molecule has 0 unspecified atom stereocenters. The minimum atomic E-state index is -0.0668. The first-order valence-corrected chi connectivity index (χ1v) is 8.01. The lowest BCUT2D eigenvalue weighted by Gasteiger charge is -2.18. The Kier molecular flexibility index (Phi) is 4.26. The van der Waals surface area contributed by atoms with Crippen molar-refractivity contribution in [1.82, 2.24) is 9.97 Å². The monoisotopic (exact) mass is 339 g/mol. The highest BCUT2D eigenvalue weighted by Crippen LogP contribution is 2.32. The second-order valence-corrected chi connectivity index (χ2v) is 6.97. The average Bonchev–Trinajstić information content (AvgIpc) is 2.74. The summed E-state index contributed by atoms with van der Waals surface area (Å²) in [5, 5.41) is 7.46. The fraction of sp³-hybridized carbons (Fsp3) is 0.429. The molecular weight excluding hydrogens is 322 g/mol. The third kappa shape index (κ3) is 3.34. The van der Waals surface area contributed by atoms with Gasteiger partial charge in [-0.2, -0.15) is 11.3 Å². The third-order valence-corrected chi connectivity index (χ3v) is 4.35. The molecule has 0 aromatic carbocycles. The van der Waals surface area contributed by atoms with E-state index in [0.29, 0.717) is 0 Å². The van der Waals surface area contributed by atoms with Crippen LogP contribution in [0.5, 0.6) is 0 Å². The second-order valence-electron chi connectivity index (χ2n) is 5.38. The number of thiophene rings is 1. The molecule has 0 saturated heterocycles. The first-order valence-electron chi connectivity index (χ1n) is 6.27. The summed E-state index contributed by atoms with van der Waals surface area (Å²) in [5.41, 5.74) is 2.02. The van der Waals surface area contributed by atoms with Crippen LogP contribution < -0.4 is 5.32 Å². The zero-order chi connectivity index (χ0) is 14.0. The average molecular weight is 340 g/mol. The van der Waals surface area contributed by atoms with Gasteiger partial charge in [-0.05, 0) is 22.9 Å². The van der Waals surface area contributed by atoms with Gasteiger partial charge in [0.25, 0.3) is 0 Å². The molecule has 0 aliphatic heterocycles. The Morgan fingerprint density at radius 3 is 2.53 bits per heavy atom. The van der Waals surface area contributed by atoms with E-state index in [4.69, 9.17) is 4.98 Å². The fourth-order valence-corrected chi connectivity index (χ4v) is 3.15. The van der Waals surface area contributed by atoms with Crippen LogP contribution in [0.15, 0.2) is 21.3 Å². The van der Waals surface area contributed by atoms with Crippen molar-refractivity contribution in [3.05, 3.63) is 27.1 Å². The van der Waals surface area contributed by atoms with Crippen molar-refractivity contribution >= 4 is 33.1 Å². The molecule has 2 aromatic heterocycles. The summed E-state index contributed by atoms with van der Waals surface area (Å²) in [6.07, 6.45) is 0. The topological polar surface area (TPSA) is 37.8 Å². The molecule has 0 bridgehead atoms. The summed E-state index contributed by atoms with van der Waals surface area (Å²) in [5.74, 6) is 1.74. The maximum Gasteiger partial charge on any atom is 0.136 e. The first kappa shape index (κ1) is 14.5. The van der Waals surface area contributed by atoms with Crippen molar-refractivity contribution < 1.29 is 0 Å². The lowest BCUT2D eigenvalue weighted by atomic mass is 9.95. The van der Waals surface area contributed by atoms with Crippen molar-refractivity contribution in [3.8, 4) is 11.3 Å². The molecule has 0 fully saturated rings. The number of aromatic nitrogens is 2. The van der Waals surface area contributed by atoms with Gasteiger partial charge < -0.3 is 5.32 Å². The Hall–Kier alpha value is -0.940. The van der Waals surface area contributed by atoms with Crippen LogP contribution in [-0.2, 0) is 5.41 Å². The zero-order valence-corrected chi connectivity index (χ0v) is 14.0. The van der Waals surface area contributed by atoms with Crippen molar-refractivity contribution in [2.75, 3.05) is 11.9 Å². The third-order valence-electron chi connectivity index (χ3n) is 2.65. The number of halogens is 1. The van der Waals surface area contributed by atoms with Crippen LogP contribution in [-0.4, -0.2) is 16.5 Å². The summed E-state index contributed by atoms with van der Waals surface area (Å²) in [7, 11) is 0. The van der Waals surface area contributed by atoms with Gasteiger partial charge in [-0.1, -0.05) is 20.8 Å². The Balaban J connectivity index is 2.55. The van der Waals surface area contributed by atoms with Crippen LogP contribution >= 0.6 is 27.3 Å². The van der Waals surface area contributed by atoms with E-state index in [2.05, 4.69) is 64.7 Å². The molecule has 0 atom stereocenters. The molecule has 102 valence electrons. The predicted octanol–water partition coefficient (Wildman–Crippen LogP) is 4.70. The molecule has 2 rings (SSSR count). The number of hydrogen-bond donors (Lipinski definition) is 1. The van der Waals surface area contributed by atoms with Crippen LogP contribution in [0.25, 0.3) is 11.3 Å². The summed E-state index contributed by atoms with van der Waals surface area (Å²) < 4.78 is 1.08. The van der Waals surface area contributed by atoms with Gasteiger partial charge in [-0.25, -0.2) is 9.97 Å².